The predicted molar refractivity (Wildman–Crippen MR) is 235 cm³/mol. The van der Waals surface area contributed by atoms with E-state index in [0.29, 0.717) is 0 Å². The lowest BCUT2D eigenvalue weighted by molar-refractivity contribution is 0.669. The number of fused-ring (bicyclic) bond motifs is 7. The Balaban J connectivity index is 1.13. The van der Waals surface area contributed by atoms with E-state index in [9.17, 15) is 0 Å². The van der Waals surface area contributed by atoms with E-state index in [1.54, 1.807) is 0 Å². The lowest BCUT2D eigenvalue weighted by Gasteiger charge is -2.28. The summed E-state index contributed by atoms with van der Waals surface area (Å²) in [6.45, 7) is 0. The maximum Gasteiger partial charge on any atom is 0.136 e. The number of benzene rings is 9. The molecule has 3 heteroatoms. The average Bonchev–Trinajstić information content (AvgIpc) is 3.81. The Morgan fingerprint density at radius 1 is 0.364 bits per heavy atom. The molecule has 0 N–H and O–H groups in total. The van der Waals surface area contributed by atoms with Crippen LogP contribution >= 0.6 is 11.3 Å². The van der Waals surface area contributed by atoms with Crippen LogP contribution in [0.15, 0.2) is 205 Å². The first-order chi connectivity index (χ1) is 27.2. The molecule has 0 aliphatic rings. The quantitative estimate of drug-likeness (QED) is 0.170. The summed E-state index contributed by atoms with van der Waals surface area (Å²) in [5.74, 6) is 0. The van der Waals surface area contributed by atoms with E-state index in [2.05, 4.69) is 205 Å². The number of hydrogen-bond acceptors (Lipinski definition) is 3. The van der Waals surface area contributed by atoms with Gasteiger partial charge in [-0.15, -0.1) is 11.3 Å². The fourth-order valence-corrected chi connectivity index (χ4v) is 9.39. The molecular weight excluding hydrogens is 687 g/mol. The Morgan fingerprint density at radius 2 is 0.909 bits per heavy atom. The van der Waals surface area contributed by atoms with Crippen LogP contribution in [0.4, 0.5) is 17.1 Å². The van der Waals surface area contributed by atoms with E-state index in [1.807, 2.05) is 11.3 Å². The summed E-state index contributed by atoms with van der Waals surface area (Å²) in [4.78, 5) is 2.40. The minimum absolute atomic E-state index is 0.874. The van der Waals surface area contributed by atoms with Crippen LogP contribution in [-0.2, 0) is 0 Å². The molecule has 0 radical (unpaired) electrons. The SMILES string of the molecule is c1ccc(-c2ccc(N(c3ccc(-c4cccc5c4sc4ccccc45)cc3)c3cc4c(cc3-c3ccccc3)oc3cc5ccccc5cc34)cc2)cc1. The van der Waals surface area contributed by atoms with Crippen LogP contribution in [-0.4, -0.2) is 0 Å². The van der Waals surface area contributed by atoms with Crippen molar-refractivity contribution >= 4 is 81.3 Å². The molecular formula is C52H33NOS. The van der Waals surface area contributed by atoms with E-state index in [4.69, 9.17) is 4.42 Å². The summed E-state index contributed by atoms with van der Waals surface area (Å²) in [6, 6.07) is 72.2. The summed E-state index contributed by atoms with van der Waals surface area (Å²) in [6.07, 6.45) is 0. The third-order valence-corrected chi connectivity index (χ3v) is 12.1. The summed E-state index contributed by atoms with van der Waals surface area (Å²) in [5.41, 5.74) is 12.1. The second-order valence-corrected chi connectivity index (χ2v) is 15.2. The van der Waals surface area contributed by atoms with Crippen LogP contribution in [0.3, 0.4) is 0 Å². The number of thiophene rings is 1. The van der Waals surface area contributed by atoms with E-state index in [0.717, 1.165) is 50.1 Å². The van der Waals surface area contributed by atoms with Gasteiger partial charge in [-0.2, -0.15) is 0 Å². The van der Waals surface area contributed by atoms with E-state index >= 15 is 0 Å². The van der Waals surface area contributed by atoms with E-state index in [-0.39, 0.29) is 0 Å². The third-order valence-electron chi connectivity index (χ3n) is 10.9. The number of furan rings is 1. The van der Waals surface area contributed by atoms with E-state index in [1.165, 1.54) is 53.2 Å². The predicted octanol–water partition coefficient (Wildman–Crippen LogP) is 15.6. The molecule has 2 heterocycles. The number of rotatable bonds is 6. The topological polar surface area (TPSA) is 16.4 Å². The zero-order valence-corrected chi connectivity index (χ0v) is 30.6. The molecule has 0 saturated heterocycles. The smallest absolute Gasteiger partial charge is 0.136 e. The van der Waals surface area contributed by atoms with Crippen molar-refractivity contribution in [3.05, 3.63) is 200 Å². The number of anilines is 3. The lowest BCUT2D eigenvalue weighted by Crippen LogP contribution is -2.11. The maximum absolute atomic E-state index is 6.64. The van der Waals surface area contributed by atoms with Gasteiger partial charge < -0.3 is 9.32 Å². The summed E-state index contributed by atoms with van der Waals surface area (Å²) in [7, 11) is 0. The Morgan fingerprint density at radius 3 is 1.65 bits per heavy atom. The van der Waals surface area contributed by atoms with Gasteiger partial charge in [-0.25, -0.2) is 0 Å². The maximum atomic E-state index is 6.64. The minimum Gasteiger partial charge on any atom is -0.456 e. The van der Waals surface area contributed by atoms with Crippen molar-refractivity contribution in [2.75, 3.05) is 4.90 Å². The molecule has 0 aliphatic carbocycles. The zero-order chi connectivity index (χ0) is 36.3. The largest absolute Gasteiger partial charge is 0.456 e. The van der Waals surface area contributed by atoms with Gasteiger partial charge in [0.15, 0.2) is 0 Å². The summed E-state index contributed by atoms with van der Waals surface area (Å²) < 4.78 is 9.27. The molecule has 11 rings (SSSR count). The van der Waals surface area contributed by atoms with Crippen molar-refractivity contribution in [1.82, 2.24) is 0 Å². The first kappa shape index (κ1) is 31.6. The Bertz CT molecular complexity index is 3180. The fraction of sp³-hybridized carbons (Fsp3) is 0. The second kappa shape index (κ2) is 12.9. The highest BCUT2D eigenvalue weighted by molar-refractivity contribution is 7.26. The zero-order valence-electron chi connectivity index (χ0n) is 29.8. The van der Waals surface area contributed by atoms with Gasteiger partial charge >= 0.3 is 0 Å². The summed E-state index contributed by atoms with van der Waals surface area (Å²) >= 11 is 1.87. The minimum atomic E-state index is 0.874. The molecule has 258 valence electrons. The highest BCUT2D eigenvalue weighted by Crippen LogP contribution is 2.46. The number of nitrogens with zero attached hydrogens (tertiary/aromatic N) is 1. The van der Waals surface area contributed by atoms with Gasteiger partial charge in [-0.1, -0.05) is 146 Å². The third kappa shape index (κ3) is 5.40. The van der Waals surface area contributed by atoms with Crippen molar-refractivity contribution in [2.45, 2.75) is 0 Å². The number of hydrogen-bond donors (Lipinski definition) is 0. The molecule has 9 aromatic carbocycles. The van der Waals surface area contributed by atoms with Crippen molar-refractivity contribution in [3.8, 4) is 33.4 Å². The lowest BCUT2D eigenvalue weighted by atomic mass is 9.98. The van der Waals surface area contributed by atoms with Gasteiger partial charge in [0.25, 0.3) is 0 Å². The van der Waals surface area contributed by atoms with Gasteiger partial charge in [0, 0.05) is 47.9 Å². The van der Waals surface area contributed by atoms with Gasteiger partial charge in [-0.3, -0.25) is 0 Å². The van der Waals surface area contributed by atoms with Crippen LogP contribution in [0.1, 0.15) is 0 Å². The Hall–Kier alpha value is -6.94. The van der Waals surface area contributed by atoms with Gasteiger partial charge in [0.2, 0.25) is 0 Å². The Labute approximate surface area is 322 Å². The summed E-state index contributed by atoms with van der Waals surface area (Å²) in [5, 5.41) is 7.20. The highest BCUT2D eigenvalue weighted by atomic mass is 32.1. The fourth-order valence-electron chi connectivity index (χ4n) is 8.16. The molecule has 0 spiro atoms. The monoisotopic (exact) mass is 719 g/mol. The van der Waals surface area contributed by atoms with Crippen LogP contribution in [0.25, 0.3) is 86.3 Å². The van der Waals surface area contributed by atoms with Crippen molar-refractivity contribution in [3.63, 3.8) is 0 Å². The van der Waals surface area contributed by atoms with Crippen LogP contribution in [0, 0.1) is 0 Å². The standard InChI is InChI=1S/C52H33NOS/c1-3-12-34(13-4-1)35-22-26-40(27-23-35)53(41-28-24-37(25-29-41)42-19-11-20-44-43-18-9-10-21-51(43)55-52(42)44)48-32-47-46-30-38-16-7-8-17-39(38)31-49(46)54-50(47)33-45(48)36-14-5-2-6-15-36/h1-33H. The molecule has 2 aromatic heterocycles. The highest BCUT2D eigenvalue weighted by Gasteiger charge is 2.22. The molecule has 0 unspecified atom stereocenters. The van der Waals surface area contributed by atoms with Gasteiger partial charge in [0.05, 0.1) is 5.69 Å². The second-order valence-electron chi connectivity index (χ2n) is 14.1. The molecule has 0 bridgehead atoms. The first-order valence-corrected chi connectivity index (χ1v) is 19.5. The molecule has 0 fully saturated rings. The van der Waals surface area contributed by atoms with Crippen LogP contribution in [0.5, 0.6) is 0 Å². The average molecular weight is 720 g/mol. The normalized spacial score (nSPS) is 11.6. The molecule has 55 heavy (non-hydrogen) atoms. The molecule has 0 saturated carbocycles. The van der Waals surface area contributed by atoms with Gasteiger partial charge in [0.1, 0.15) is 11.2 Å². The van der Waals surface area contributed by atoms with E-state index < -0.39 is 0 Å². The molecule has 0 aliphatic heterocycles. The van der Waals surface area contributed by atoms with Crippen LogP contribution < -0.4 is 4.90 Å². The first-order valence-electron chi connectivity index (χ1n) is 18.7. The van der Waals surface area contributed by atoms with Crippen LogP contribution in [0.2, 0.25) is 0 Å². The molecule has 0 amide bonds. The molecule has 2 nitrogen and oxygen atoms in total. The van der Waals surface area contributed by atoms with Crippen molar-refractivity contribution < 1.29 is 4.42 Å². The Kier molecular flexibility index (Phi) is 7.39. The van der Waals surface area contributed by atoms with Gasteiger partial charge in [-0.05, 0) is 93.2 Å². The molecule has 0 atom stereocenters. The van der Waals surface area contributed by atoms with Crippen molar-refractivity contribution in [1.29, 1.82) is 0 Å². The van der Waals surface area contributed by atoms with Crippen molar-refractivity contribution in [2.24, 2.45) is 0 Å². The molecule has 11 aromatic rings.